The van der Waals surface area contributed by atoms with Gasteiger partial charge in [-0.25, -0.2) is 0 Å². The Hall–Kier alpha value is 0.920. The predicted octanol–water partition coefficient (Wildman–Crippen LogP) is 2.84. The Morgan fingerprint density at radius 1 is 0.733 bits per heavy atom. The number of rotatable bonds is 10. The second-order valence-corrected chi connectivity index (χ2v) is 4.10. The normalized spacial score (nSPS) is 10.4. The smallest absolute Gasteiger partial charge is 0.151 e. The minimum atomic E-state index is -1.10. The van der Waals surface area contributed by atoms with Crippen molar-refractivity contribution >= 4 is 29.6 Å². The summed E-state index contributed by atoms with van der Waals surface area (Å²) >= 11 is 0. The van der Waals surface area contributed by atoms with Crippen molar-refractivity contribution in [1.82, 2.24) is 0 Å². The van der Waals surface area contributed by atoms with Crippen LogP contribution in [0.25, 0.3) is 0 Å². The van der Waals surface area contributed by atoms with Gasteiger partial charge in [-0.05, 0) is 12.8 Å². The summed E-state index contributed by atoms with van der Waals surface area (Å²) in [6.07, 6.45) is 10.9. The number of hydrogen-bond donors (Lipinski definition) is 2. The van der Waals surface area contributed by atoms with Crippen LogP contribution < -0.4 is 0 Å². The third kappa shape index (κ3) is 17.5. The van der Waals surface area contributed by atoms with Gasteiger partial charge in [0, 0.05) is 29.6 Å². The van der Waals surface area contributed by atoms with Crippen molar-refractivity contribution < 1.29 is 10.2 Å². The second kappa shape index (κ2) is 14.9. The molecule has 0 saturated heterocycles. The molecule has 15 heavy (non-hydrogen) atoms. The molecule has 0 aliphatic rings. The molecular weight excluding hydrogens is 199 g/mol. The first-order valence-electron chi connectivity index (χ1n) is 6.13. The molecule has 0 aromatic carbocycles. The SMILES string of the molecule is CCCCCCCCCCCC(O)O.[Na]. The molecule has 1 radical (unpaired) electrons. The van der Waals surface area contributed by atoms with Crippen LogP contribution in [0.4, 0.5) is 0 Å². The van der Waals surface area contributed by atoms with E-state index in [4.69, 9.17) is 10.2 Å². The average Bonchev–Trinajstić information content (AvgIpc) is 2.15. The number of hydrogen-bond acceptors (Lipinski definition) is 2. The Kier molecular flexibility index (Phi) is 18.2. The molecule has 0 aromatic heterocycles. The maximum Gasteiger partial charge on any atom is 0.151 e. The van der Waals surface area contributed by atoms with Crippen LogP contribution in [-0.2, 0) is 0 Å². The van der Waals surface area contributed by atoms with Gasteiger partial charge >= 0.3 is 0 Å². The molecule has 0 aliphatic carbocycles. The first-order valence-corrected chi connectivity index (χ1v) is 6.13. The van der Waals surface area contributed by atoms with E-state index in [0.29, 0.717) is 6.42 Å². The molecule has 0 fully saturated rings. The Labute approximate surface area is 117 Å². The molecule has 0 bridgehead atoms. The van der Waals surface area contributed by atoms with Crippen LogP contribution in [0.2, 0.25) is 0 Å². The Balaban J connectivity index is 0. The van der Waals surface area contributed by atoms with Crippen molar-refractivity contribution in [2.45, 2.75) is 77.4 Å². The van der Waals surface area contributed by atoms with Gasteiger partial charge in [-0.3, -0.25) is 0 Å². The van der Waals surface area contributed by atoms with Gasteiger partial charge in [0.15, 0.2) is 6.29 Å². The van der Waals surface area contributed by atoms with Crippen LogP contribution >= 0.6 is 0 Å². The van der Waals surface area contributed by atoms with Crippen LogP contribution in [-0.4, -0.2) is 46.1 Å². The molecule has 3 heteroatoms. The van der Waals surface area contributed by atoms with E-state index < -0.39 is 6.29 Å². The summed E-state index contributed by atoms with van der Waals surface area (Å²) in [5, 5.41) is 17.2. The van der Waals surface area contributed by atoms with E-state index in [1.54, 1.807) is 0 Å². The topological polar surface area (TPSA) is 40.5 Å². The zero-order chi connectivity index (χ0) is 10.6. The Morgan fingerprint density at radius 2 is 1.13 bits per heavy atom. The first kappa shape index (κ1) is 18.3. The minimum Gasteiger partial charge on any atom is -0.368 e. The maximum absolute atomic E-state index is 8.61. The second-order valence-electron chi connectivity index (χ2n) is 4.10. The van der Waals surface area contributed by atoms with Gasteiger partial charge in [0.2, 0.25) is 0 Å². The maximum atomic E-state index is 8.61. The quantitative estimate of drug-likeness (QED) is 0.341. The van der Waals surface area contributed by atoms with Crippen LogP contribution in [0.1, 0.15) is 71.1 Å². The summed E-state index contributed by atoms with van der Waals surface area (Å²) in [5.74, 6) is 0. The van der Waals surface area contributed by atoms with Crippen LogP contribution in [0.5, 0.6) is 0 Å². The van der Waals surface area contributed by atoms with Crippen molar-refractivity contribution in [3.63, 3.8) is 0 Å². The van der Waals surface area contributed by atoms with E-state index in [0.717, 1.165) is 12.8 Å². The zero-order valence-electron chi connectivity index (χ0n) is 10.5. The van der Waals surface area contributed by atoms with Gasteiger partial charge < -0.3 is 10.2 Å². The van der Waals surface area contributed by atoms with Crippen molar-refractivity contribution in [2.75, 3.05) is 0 Å². The Bertz CT molecular complexity index is 108. The summed E-state index contributed by atoms with van der Waals surface area (Å²) in [7, 11) is 0. The predicted molar refractivity (Wildman–Crippen MR) is 65.8 cm³/mol. The summed E-state index contributed by atoms with van der Waals surface area (Å²) in [6.45, 7) is 2.24. The fraction of sp³-hybridized carbons (Fsp3) is 1.00. The van der Waals surface area contributed by atoms with Gasteiger partial charge in [0.25, 0.3) is 0 Å². The molecule has 0 unspecified atom stereocenters. The molecule has 0 saturated carbocycles. The minimum absolute atomic E-state index is 0. The monoisotopic (exact) mass is 225 g/mol. The van der Waals surface area contributed by atoms with Gasteiger partial charge in [0.1, 0.15) is 0 Å². The van der Waals surface area contributed by atoms with E-state index in [1.165, 1.54) is 44.9 Å². The Morgan fingerprint density at radius 3 is 1.53 bits per heavy atom. The molecule has 0 heterocycles. The third-order valence-corrected chi connectivity index (χ3v) is 2.57. The number of aliphatic hydroxyl groups is 2. The van der Waals surface area contributed by atoms with Crippen molar-refractivity contribution in [1.29, 1.82) is 0 Å². The van der Waals surface area contributed by atoms with E-state index in [2.05, 4.69) is 6.92 Å². The molecule has 87 valence electrons. The van der Waals surface area contributed by atoms with E-state index in [9.17, 15) is 0 Å². The number of unbranched alkanes of at least 4 members (excludes halogenated alkanes) is 8. The summed E-state index contributed by atoms with van der Waals surface area (Å²) in [4.78, 5) is 0. The van der Waals surface area contributed by atoms with Crippen LogP contribution in [0.3, 0.4) is 0 Å². The first-order chi connectivity index (χ1) is 6.77. The van der Waals surface area contributed by atoms with Gasteiger partial charge in [-0.2, -0.15) is 0 Å². The number of aliphatic hydroxyl groups excluding tert-OH is 1. The van der Waals surface area contributed by atoms with Gasteiger partial charge in [0.05, 0.1) is 0 Å². The van der Waals surface area contributed by atoms with E-state index >= 15 is 0 Å². The van der Waals surface area contributed by atoms with Crippen molar-refractivity contribution in [3.05, 3.63) is 0 Å². The molecule has 2 nitrogen and oxygen atoms in total. The van der Waals surface area contributed by atoms with Crippen molar-refractivity contribution in [2.24, 2.45) is 0 Å². The summed E-state index contributed by atoms with van der Waals surface area (Å²) in [6, 6.07) is 0. The molecule has 0 rings (SSSR count). The molecule has 0 aromatic rings. The van der Waals surface area contributed by atoms with Gasteiger partial charge in [-0.1, -0.05) is 58.3 Å². The molecule has 0 amide bonds. The molecule has 2 N–H and O–H groups in total. The van der Waals surface area contributed by atoms with Gasteiger partial charge in [-0.15, -0.1) is 0 Å². The molecule has 0 atom stereocenters. The summed E-state index contributed by atoms with van der Waals surface area (Å²) in [5.41, 5.74) is 0. The van der Waals surface area contributed by atoms with E-state index in [-0.39, 0.29) is 29.6 Å². The molecule has 0 aliphatic heterocycles. The molecular formula is C12H26NaO2. The largest absolute Gasteiger partial charge is 0.368 e. The summed E-state index contributed by atoms with van der Waals surface area (Å²) < 4.78 is 0. The van der Waals surface area contributed by atoms with E-state index in [1.807, 2.05) is 0 Å². The third-order valence-electron chi connectivity index (χ3n) is 2.57. The zero-order valence-corrected chi connectivity index (χ0v) is 12.5. The fourth-order valence-corrected chi connectivity index (χ4v) is 1.64. The van der Waals surface area contributed by atoms with Crippen LogP contribution in [0, 0.1) is 0 Å². The average molecular weight is 225 g/mol. The van der Waals surface area contributed by atoms with Crippen molar-refractivity contribution in [3.8, 4) is 0 Å². The van der Waals surface area contributed by atoms with Crippen LogP contribution in [0.15, 0.2) is 0 Å². The molecule has 0 spiro atoms. The standard InChI is InChI=1S/C12H26O2.Na/c1-2-3-4-5-6-7-8-9-10-11-12(13)14;/h12-14H,2-11H2,1H3;. The fourth-order valence-electron chi connectivity index (χ4n) is 1.64.